The van der Waals surface area contributed by atoms with Gasteiger partial charge in [-0.3, -0.25) is 14.5 Å². The largest absolute Gasteiger partial charge is 0.273 e. The van der Waals surface area contributed by atoms with Crippen LogP contribution in [0.4, 0.5) is 5.69 Å². The molecule has 34 heavy (non-hydrogen) atoms. The number of amides is 1. The van der Waals surface area contributed by atoms with Gasteiger partial charge in [-0.25, -0.2) is 0 Å². The van der Waals surface area contributed by atoms with Gasteiger partial charge >= 0.3 is 0 Å². The monoisotopic (exact) mass is 446 g/mol. The van der Waals surface area contributed by atoms with Gasteiger partial charge in [-0.1, -0.05) is 96.6 Å². The second-order valence-corrected chi connectivity index (χ2v) is 9.09. The Morgan fingerprint density at radius 2 is 1.47 bits per heavy atom. The van der Waals surface area contributed by atoms with Crippen LogP contribution in [-0.4, -0.2) is 11.0 Å². The third-order valence-electron chi connectivity index (χ3n) is 6.89. The van der Waals surface area contributed by atoms with Crippen LogP contribution in [0.2, 0.25) is 0 Å². The molecule has 1 fully saturated rings. The fourth-order valence-corrected chi connectivity index (χ4v) is 5.25. The Labute approximate surface area is 200 Å². The van der Waals surface area contributed by atoms with Gasteiger partial charge in [0.2, 0.25) is 0 Å². The van der Waals surface area contributed by atoms with E-state index in [1.54, 1.807) is 0 Å². The Bertz CT molecular complexity index is 1320. The quantitative estimate of drug-likeness (QED) is 0.364. The Balaban J connectivity index is 1.50. The van der Waals surface area contributed by atoms with Crippen molar-refractivity contribution in [2.75, 3.05) is 4.90 Å². The van der Waals surface area contributed by atoms with Crippen molar-refractivity contribution in [3.63, 3.8) is 0 Å². The standard InChI is InChI=1S/C30H26N2O2/c1-22-16-18-25(19-17-22)32-29(33)26-14-8-9-15-27(26)30(32)20-28(24-12-6-3-7-13-24)31(34-30)21-23-10-4-2-5-11-23/h2-19,28H,20-21H2,1H3/t28-,30+/m0/s1. The van der Waals surface area contributed by atoms with Crippen molar-refractivity contribution in [2.45, 2.75) is 31.7 Å². The molecule has 2 aliphatic heterocycles. The molecule has 0 saturated carbocycles. The summed E-state index contributed by atoms with van der Waals surface area (Å²) in [5.74, 6) is -0.0205. The van der Waals surface area contributed by atoms with Gasteiger partial charge in [-0.05, 0) is 36.2 Å². The molecule has 0 aromatic heterocycles. The first-order valence-corrected chi connectivity index (χ1v) is 11.7. The first-order valence-electron chi connectivity index (χ1n) is 11.7. The second-order valence-electron chi connectivity index (χ2n) is 9.09. The van der Waals surface area contributed by atoms with Crippen molar-refractivity contribution in [1.82, 2.24) is 5.06 Å². The van der Waals surface area contributed by atoms with E-state index < -0.39 is 5.72 Å². The predicted molar refractivity (Wildman–Crippen MR) is 133 cm³/mol. The molecule has 4 aromatic rings. The molecular formula is C30H26N2O2. The zero-order valence-corrected chi connectivity index (χ0v) is 19.1. The molecule has 4 heteroatoms. The SMILES string of the molecule is Cc1ccc(N2C(=O)c3ccccc3[C@]23C[C@@H](c2ccccc2)N(Cc2ccccc2)O3)cc1. The summed E-state index contributed by atoms with van der Waals surface area (Å²) in [6, 6.07) is 36.8. The number of carbonyl (C=O) groups excluding carboxylic acids is 1. The van der Waals surface area contributed by atoms with E-state index in [4.69, 9.17) is 4.84 Å². The van der Waals surface area contributed by atoms with E-state index >= 15 is 0 Å². The van der Waals surface area contributed by atoms with Gasteiger partial charge in [-0.2, -0.15) is 5.06 Å². The van der Waals surface area contributed by atoms with E-state index in [9.17, 15) is 4.79 Å². The van der Waals surface area contributed by atoms with Crippen LogP contribution in [0.25, 0.3) is 0 Å². The summed E-state index contributed by atoms with van der Waals surface area (Å²) in [5, 5.41) is 2.06. The molecule has 168 valence electrons. The Morgan fingerprint density at radius 1 is 0.824 bits per heavy atom. The summed E-state index contributed by atoms with van der Waals surface area (Å²) >= 11 is 0. The van der Waals surface area contributed by atoms with Gasteiger partial charge in [0, 0.05) is 29.8 Å². The molecule has 1 saturated heterocycles. The molecule has 2 atom stereocenters. The van der Waals surface area contributed by atoms with Crippen LogP contribution in [0.1, 0.15) is 45.1 Å². The average Bonchev–Trinajstić information content (AvgIpc) is 3.36. The lowest BCUT2D eigenvalue weighted by Crippen LogP contribution is -2.44. The zero-order chi connectivity index (χ0) is 23.1. The van der Waals surface area contributed by atoms with Crippen molar-refractivity contribution < 1.29 is 9.63 Å². The molecule has 0 radical (unpaired) electrons. The minimum Gasteiger partial charge on any atom is -0.273 e. The van der Waals surface area contributed by atoms with Crippen LogP contribution in [-0.2, 0) is 17.1 Å². The summed E-state index contributed by atoms with van der Waals surface area (Å²) in [6.45, 7) is 2.68. The predicted octanol–water partition coefficient (Wildman–Crippen LogP) is 6.39. The highest BCUT2D eigenvalue weighted by molar-refractivity contribution is 6.11. The zero-order valence-electron chi connectivity index (χ0n) is 19.1. The molecule has 0 unspecified atom stereocenters. The van der Waals surface area contributed by atoms with Crippen LogP contribution >= 0.6 is 0 Å². The number of hydrogen-bond acceptors (Lipinski definition) is 3. The van der Waals surface area contributed by atoms with Gasteiger partial charge in [-0.15, -0.1) is 0 Å². The fraction of sp³-hybridized carbons (Fsp3) is 0.167. The maximum Gasteiger partial charge on any atom is 0.261 e. The molecule has 4 aromatic carbocycles. The molecular weight excluding hydrogens is 420 g/mol. The summed E-state index contributed by atoms with van der Waals surface area (Å²) < 4.78 is 0. The molecule has 1 amide bonds. The molecule has 2 aliphatic rings. The van der Waals surface area contributed by atoms with Crippen LogP contribution in [0.3, 0.4) is 0 Å². The number of anilines is 1. The second kappa shape index (κ2) is 8.24. The summed E-state index contributed by atoms with van der Waals surface area (Å²) in [7, 11) is 0. The minimum atomic E-state index is -0.905. The number of nitrogens with zero attached hydrogens (tertiary/aromatic N) is 2. The molecule has 0 bridgehead atoms. The van der Waals surface area contributed by atoms with Crippen LogP contribution in [0.15, 0.2) is 109 Å². The Hall–Kier alpha value is -3.73. The third-order valence-corrected chi connectivity index (χ3v) is 6.89. The molecule has 0 N–H and O–H groups in total. The van der Waals surface area contributed by atoms with Gasteiger partial charge in [0.25, 0.3) is 5.91 Å². The number of hydroxylamine groups is 2. The van der Waals surface area contributed by atoms with Crippen molar-refractivity contribution in [3.05, 3.63) is 137 Å². The molecule has 2 heterocycles. The van der Waals surface area contributed by atoms with E-state index in [0.717, 1.165) is 16.8 Å². The smallest absolute Gasteiger partial charge is 0.261 e. The van der Waals surface area contributed by atoms with E-state index in [-0.39, 0.29) is 11.9 Å². The van der Waals surface area contributed by atoms with E-state index in [0.29, 0.717) is 18.5 Å². The number of aryl methyl sites for hydroxylation is 1. The number of hydrogen-bond donors (Lipinski definition) is 0. The van der Waals surface area contributed by atoms with Crippen molar-refractivity contribution in [3.8, 4) is 0 Å². The molecule has 4 nitrogen and oxygen atoms in total. The van der Waals surface area contributed by atoms with E-state index in [1.807, 2.05) is 77.7 Å². The van der Waals surface area contributed by atoms with Gasteiger partial charge in [0.15, 0.2) is 5.72 Å². The van der Waals surface area contributed by atoms with Crippen molar-refractivity contribution in [2.24, 2.45) is 0 Å². The Kier molecular flexibility index (Phi) is 5.05. The maximum atomic E-state index is 13.8. The van der Waals surface area contributed by atoms with Crippen molar-refractivity contribution >= 4 is 11.6 Å². The van der Waals surface area contributed by atoms with Crippen molar-refractivity contribution in [1.29, 1.82) is 0 Å². The lowest BCUT2D eigenvalue weighted by molar-refractivity contribution is -0.212. The van der Waals surface area contributed by atoms with E-state index in [2.05, 4.69) is 48.4 Å². The first-order chi connectivity index (χ1) is 16.7. The molecule has 1 spiro atoms. The van der Waals surface area contributed by atoms with Crippen LogP contribution in [0, 0.1) is 6.92 Å². The van der Waals surface area contributed by atoms with Gasteiger partial charge < -0.3 is 0 Å². The first kappa shape index (κ1) is 20.8. The maximum absolute atomic E-state index is 13.8. The summed E-state index contributed by atoms with van der Waals surface area (Å²) in [6.07, 6.45) is 0.639. The van der Waals surface area contributed by atoms with Crippen LogP contribution in [0.5, 0.6) is 0 Å². The number of carbonyl (C=O) groups is 1. The lowest BCUT2D eigenvalue weighted by Gasteiger charge is -2.35. The Morgan fingerprint density at radius 3 is 2.21 bits per heavy atom. The number of rotatable bonds is 4. The fourth-order valence-electron chi connectivity index (χ4n) is 5.25. The number of benzene rings is 4. The van der Waals surface area contributed by atoms with Gasteiger partial charge in [0.05, 0.1) is 6.04 Å². The molecule has 0 aliphatic carbocycles. The van der Waals surface area contributed by atoms with E-state index in [1.165, 1.54) is 11.1 Å². The van der Waals surface area contributed by atoms with Gasteiger partial charge in [0.1, 0.15) is 0 Å². The highest BCUT2D eigenvalue weighted by atomic mass is 16.7. The lowest BCUT2D eigenvalue weighted by atomic mass is 9.92. The third kappa shape index (κ3) is 3.35. The summed E-state index contributed by atoms with van der Waals surface area (Å²) in [4.78, 5) is 22.6. The highest BCUT2D eigenvalue weighted by Gasteiger charge is 2.58. The number of fused-ring (bicyclic) bond motifs is 2. The minimum absolute atomic E-state index is 0.00619. The van der Waals surface area contributed by atoms with Crippen LogP contribution < -0.4 is 4.90 Å². The topological polar surface area (TPSA) is 32.8 Å². The normalized spacial score (nSPS) is 21.9. The summed E-state index contributed by atoms with van der Waals surface area (Å²) in [5.41, 5.74) is 5.07. The molecule has 6 rings (SSSR count). The highest BCUT2D eigenvalue weighted by Crippen LogP contribution is 2.54. The average molecular weight is 447 g/mol.